The second-order valence-electron chi connectivity index (χ2n) is 7.67. The van der Waals surface area contributed by atoms with E-state index in [1.165, 1.54) is 12.0 Å². The Morgan fingerprint density at radius 1 is 1.28 bits per heavy atom. The highest BCUT2D eigenvalue weighted by Gasteiger charge is 2.21. The number of anilines is 1. The maximum atomic E-state index is 5.92. The minimum atomic E-state index is 0.258. The van der Waals surface area contributed by atoms with Crippen LogP contribution in [0.1, 0.15) is 36.0 Å². The summed E-state index contributed by atoms with van der Waals surface area (Å²) in [5.74, 6) is 3.50. The molecule has 7 nitrogen and oxygen atoms in total. The van der Waals surface area contributed by atoms with Gasteiger partial charge in [0, 0.05) is 31.8 Å². The van der Waals surface area contributed by atoms with E-state index in [1.54, 1.807) is 7.11 Å². The van der Waals surface area contributed by atoms with E-state index in [-0.39, 0.29) is 6.04 Å². The number of benzene rings is 1. The Balaban J connectivity index is 1.46. The van der Waals surface area contributed by atoms with Gasteiger partial charge in [0.1, 0.15) is 29.7 Å². The fraction of sp³-hybridized carbons (Fsp3) is 0.455. The molecule has 2 N–H and O–H groups in total. The fourth-order valence-corrected chi connectivity index (χ4v) is 3.89. The number of hydrogen-bond donors (Lipinski definition) is 2. The summed E-state index contributed by atoms with van der Waals surface area (Å²) in [5.41, 5.74) is 3.32. The highest BCUT2D eigenvalue weighted by atomic mass is 16.5. The van der Waals surface area contributed by atoms with Crippen molar-refractivity contribution in [1.29, 1.82) is 0 Å². The normalized spacial score (nSPS) is 18.2. The van der Waals surface area contributed by atoms with Crippen molar-refractivity contribution >= 4 is 11.9 Å². The van der Waals surface area contributed by atoms with Crippen LogP contribution in [0.2, 0.25) is 0 Å². The van der Waals surface area contributed by atoms with E-state index in [0.717, 1.165) is 60.5 Å². The van der Waals surface area contributed by atoms with Crippen LogP contribution >= 0.6 is 0 Å². The van der Waals surface area contributed by atoms with Gasteiger partial charge in [0.25, 0.3) is 0 Å². The van der Waals surface area contributed by atoms with Gasteiger partial charge in [-0.2, -0.15) is 0 Å². The summed E-state index contributed by atoms with van der Waals surface area (Å²) in [6.07, 6.45) is 4.47. The lowest BCUT2D eigenvalue weighted by Gasteiger charge is -2.23. The van der Waals surface area contributed by atoms with Crippen LogP contribution < -0.4 is 20.1 Å². The summed E-state index contributed by atoms with van der Waals surface area (Å²) < 4.78 is 11.2. The molecule has 0 radical (unpaired) electrons. The van der Waals surface area contributed by atoms with E-state index in [9.17, 15) is 0 Å². The second kappa shape index (κ2) is 8.80. The highest BCUT2D eigenvalue weighted by molar-refractivity contribution is 5.64. The molecule has 1 aromatic carbocycles. The summed E-state index contributed by atoms with van der Waals surface area (Å²) >= 11 is 0. The summed E-state index contributed by atoms with van der Waals surface area (Å²) in [6, 6.07) is 8.19. The number of methoxy groups -OCH3 is 1. The third kappa shape index (κ3) is 4.68. The van der Waals surface area contributed by atoms with Crippen molar-refractivity contribution in [2.45, 2.75) is 25.4 Å². The lowest BCUT2D eigenvalue weighted by atomic mass is 10.1. The molecule has 4 rings (SSSR count). The Bertz CT molecular complexity index is 893. The molecule has 1 fully saturated rings. The van der Waals surface area contributed by atoms with Gasteiger partial charge in [-0.1, -0.05) is 0 Å². The predicted molar refractivity (Wildman–Crippen MR) is 114 cm³/mol. The molecule has 7 heteroatoms. The summed E-state index contributed by atoms with van der Waals surface area (Å²) in [5, 5.41) is 6.65. The number of rotatable bonds is 7. The minimum absolute atomic E-state index is 0.258. The number of nitrogens with zero attached hydrogens (tertiary/aromatic N) is 3. The zero-order valence-corrected chi connectivity index (χ0v) is 17.4. The van der Waals surface area contributed by atoms with E-state index in [2.05, 4.69) is 33.6 Å². The van der Waals surface area contributed by atoms with Crippen LogP contribution in [-0.2, 0) is 6.54 Å². The van der Waals surface area contributed by atoms with Gasteiger partial charge < -0.3 is 20.1 Å². The van der Waals surface area contributed by atoms with E-state index < -0.39 is 0 Å². The van der Waals surface area contributed by atoms with Crippen molar-refractivity contribution in [3.63, 3.8) is 0 Å². The van der Waals surface area contributed by atoms with Crippen LogP contribution in [0, 0.1) is 0 Å². The minimum Gasteiger partial charge on any atom is -0.497 e. The topological polar surface area (TPSA) is 71.5 Å². The van der Waals surface area contributed by atoms with Crippen molar-refractivity contribution in [2.75, 3.05) is 46.2 Å². The molecular formula is C22H29N5O2. The van der Waals surface area contributed by atoms with Gasteiger partial charge in [-0.3, -0.25) is 4.90 Å². The van der Waals surface area contributed by atoms with Crippen LogP contribution in [0.4, 0.5) is 5.82 Å². The molecular weight excluding hydrogens is 366 g/mol. The standard InChI is InChI=1S/C22H29N5O2/c1-23-21-11-17(25-22(26-21)19-5-4-8-24-19)13-27(2)12-15-9-16-10-18(28-3)6-7-20(16)29-14-15/h6-7,9-11,19,24H,4-5,8,12-14H2,1-3H3,(H,23,25,26)/t19-/m1/s1. The van der Waals surface area contributed by atoms with Gasteiger partial charge in [0.2, 0.25) is 0 Å². The quantitative estimate of drug-likeness (QED) is 0.747. The molecule has 0 amide bonds. The van der Waals surface area contributed by atoms with E-state index in [1.807, 2.05) is 31.3 Å². The average Bonchev–Trinajstić information content (AvgIpc) is 3.27. The van der Waals surface area contributed by atoms with Crippen LogP contribution in [0.15, 0.2) is 29.8 Å². The largest absolute Gasteiger partial charge is 0.497 e. The van der Waals surface area contributed by atoms with Crippen LogP contribution in [0.3, 0.4) is 0 Å². The Morgan fingerprint density at radius 2 is 2.17 bits per heavy atom. The third-order valence-corrected chi connectivity index (χ3v) is 5.32. The van der Waals surface area contributed by atoms with Gasteiger partial charge in [-0.15, -0.1) is 0 Å². The summed E-state index contributed by atoms with van der Waals surface area (Å²) in [6.45, 7) is 3.20. The SMILES string of the molecule is CNc1cc(CN(C)CC2=Cc3cc(OC)ccc3OC2)nc([C@H]2CCCN2)n1. The van der Waals surface area contributed by atoms with Gasteiger partial charge in [0.15, 0.2) is 0 Å². The lowest BCUT2D eigenvalue weighted by molar-refractivity contribution is 0.302. The molecule has 0 unspecified atom stereocenters. The van der Waals surface area contributed by atoms with Crippen molar-refractivity contribution in [1.82, 2.24) is 20.2 Å². The second-order valence-corrected chi connectivity index (χ2v) is 7.67. The molecule has 0 saturated carbocycles. The first-order valence-corrected chi connectivity index (χ1v) is 10.1. The monoisotopic (exact) mass is 395 g/mol. The smallest absolute Gasteiger partial charge is 0.147 e. The number of ether oxygens (including phenoxy) is 2. The zero-order chi connectivity index (χ0) is 20.2. The first-order valence-electron chi connectivity index (χ1n) is 10.1. The Morgan fingerprint density at radius 3 is 2.93 bits per heavy atom. The number of fused-ring (bicyclic) bond motifs is 1. The maximum Gasteiger partial charge on any atom is 0.147 e. The molecule has 1 atom stereocenters. The molecule has 0 spiro atoms. The highest BCUT2D eigenvalue weighted by Crippen LogP contribution is 2.30. The van der Waals surface area contributed by atoms with E-state index in [0.29, 0.717) is 6.61 Å². The summed E-state index contributed by atoms with van der Waals surface area (Å²) in [7, 11) is 5.69. The zero-order valence-electron chi connectivity index (χ0n) is 17.4. The Labute approximate surface area is 172 Å². The molecule has 0 bridgehead atoms. The average molecular weight is 396 g/mol. The molecule has 1 aromatic heterocycles. The number of likely N-dealkylation sites (N-methyl/N-ethyl adjacent to an activating group) is 1. The van der Waals surface area contributed by atoms with E-state index in [4.69, 9.17) is 14.5 Å². The first kappa shape index (κ1) is 19.7. The molecule has 29 heavy (non-hydrogen) atoms. The van der Waals surface area contributed by atoms with Crippen LogP contribution in [-0.4, -0.2) is 55.8 Å². The van der Waals surface area contributed by atoms with Crippen LogP contribution in [0.25, 0.3) is 6.08 Å². The third-order valence-electron chi connectivity index (χ3n) is 5.32. The van der Waals surface area contributed by atoms with E-state index >= 15 is 0 Å². The number of aromatic nitrogens is 2. The first-order chi connectivity index (χ1) is 14.1. The number of nitrogens with one attached hydrogen (secondary N) is 2. The maximum absolute atomic E-state index is 5.92. The van der Waals surface area contributed by atoms with Gasteiger partial charge in [-0.05, 0) is 56.3 Å². The Hall–Kier alpha value is -2.64. The molecule has 2 aliphatic heterocycles. The fourth-order valence-electron chi connectivity index (χ4n) is 3.89. The Kier molecular flexibility index (Phi) is 5.97. The lowest BCUT2D eigenvalue weighted by Crippen LogP contribution is -2.25. The predicted octanol–water partition coefficient (Wildman–Crippen LogP) is 2.86. The van der Waals surface area contributed by atoms with Gasteiger partial charge >= 0.3 is 0 Å². The van der Waals surface area contributed by atoms with Gasteiger partial charge in [-0.25, -0.2) is 9.97 Å². The molecule has 1 saturated heterocycles. The molecule has 154 valence electrons. The van der Waals surface area contributed by atoms with Gasteiger partial charge in [0.05, 0.1) is 18.8 Å². The molecule has 2 aromatic rings. The van der Waals surface area contributed by atoms with Crippen molar-refractivity contribution in [3.8, 4) is 11.5 Å². The van der Waals surface area contributed by atoms with Crippen molar-refractivity contribution in [2.24, 2.45) is 0 Å². The molecule has 0 aliphatic carbocycles. The van der Waals surface area contributed by atoms with Crippen molar-refractivity contribution in [3.05, 3.63) is 46.9 Å². The number of hydrogen-bond acceptors (Lipinski definition) is 7. The van der Waals surface area contributed by atoms with Crippen molar-refractivity contribution < 1.29 is 9.47 Å². The molecule has 2 aliphatic rings. The molecule has 3 heterocycles. The van der Waals surface area contributed by atoms with Crippen LogP contribution in [0.5, 0.6) is 11.5 Å². The summed E-state index contributed by atoms with van der Waals surface area (Å²) in [4.78, 5) is 11.7.